The molecule has 1 amide bonds. The van der Waals surface area contributed by atoms with Crippen LogP contribution in [0.1, 0.15) is 40.0 Å². The van der Waals surface area contributed by atoms with Crippen molar-refractivity contribution in [2.45, 2.75) is 26.8 Å². The lowest BCUT2D eigenvalue weighted by Crippen LogP contribution is -2.30. The maximum atomic E-state index is 12.9. The summed E-state index contributed by atoms with van der Waals surface area (Å²) in [5.74, 6) is 0.0362. The van der Waals surface area contributed by atoms with Crippen molar-refractivity contribution in [3.8, 4) is 5.69 Å². The Hall–Kier alpha value is -2.95. The molecule has 3 rings (SSSR count). The van der Waals surface area contributed by atoms with Gasteiger partial charge in [0.1, 0.15) is 12.7 Å². The Kier molecular flexibility index (Phi) is 4.65. The zero-order chi connectivity index (χ0) is 18.0. The van der Waals surface area contributed by atoms with Gasteiger partial charge in [0, 0.05) is 12.6 Å². The van der Waals surface area contributed by atoms with Crippen LogP contribution in [0.4, 0.5) is 0 Å². The molecule has 1 heterocycles. The Morgan fingerprint density at radius 2 is 1.84 bits per heavy atom. The van der Waals surface area contributed by atoms with E-state index >= 15 is 0 Å². The molecule has 5 nitrogen and oxygen atoms in total. The molecule has 25 heavy (non-hydrogen) atoms. The normalized spacial score (nSPS) is 12.0. The molecule has 0 radical (unpaired) electrons. The highest BCUT2D eigenvalue weighted by Crippen LogP contribution is 2.23. The number of benzene rings is 2. The number of aromatic nitrogens is 3. The van der Waals surface area contributed by atoms with Gasteiger partial charge in [0.2, 0.25) is 0 Å². The van der Waals surface area contributed by atoms with E-state index < -0.39 is 0 Å². The first-order valence-corrected chi connectivity index (χ1v) is 8.26. The molecule has 0 aliphatic heterocycles. The molecular weight excluding hydrogens is 312 g/mol. The smallest absolute Gasteiger partial charge is 0.254 e. The first-order chi connectivity index (χ1) is 12.0. The summed E-state index contributed by atoms with van der Waals surface area (Å²) in [5.41, 5.74) is 4.86. The highest BCUT2D eigenvalue weighted by molar-refractivity contribution is 5.95. The molecule has 0 fully saturated rings. The van der Waals surface area contributed by atoms with Gasteiger partial charge in [0.05, 0.1) is 11.7 Å². The third kappa shape index (κ3) is 3.45. The van der Waals surface area contributed by atoms with Crippen LogP contribution >= 0.6 is 0 Å². The maximum Gasteiger partial charge on any atom is 0.254 e. The molecule has 0 saturated carbocycles. The molecule has 0 N–H and O–H groups in total. The molecule has 0 aliphatic rings. The summed E-state index contributed by atoms with van der Waals surface area (Å²) >= 11 is 0. The predicted molar refractivity (Wildman–Crippen MR) is 97.8 cm³/mol. The number of carbonyl (C=O) groups is 1. The maximum absolute atomic E-state index is 12.9. The van der Waals surface area contributed by atoms with E-state index in [-0.39, 0.29) is 11.9 Å². The monoisotopic (exact) mass is 334 g/mol. The van der Waals surface area contributed by atoms with Crippen LogP contribution in [0, 0.1) is 13.8 Å². The Morgan fingerprint density at radius 3 is 2.48 bits per heavy atom. The Bertz CT molecular complexity index is 869. The van der Waals surface area contributed by atoms with E-state index in [1.807, 2.05) is 70.3 Å². The lowest BCUT2D eigenvalue weighted by atomic mass is 10.0. The first kappa shape index (κ1) is 16.9. The standard InChI is InChI=1S/C20H22N4O/c1-14-5-6-15(2)19(11-14)20(25)23(4)16(3)17-7-9-18(10-8-17)24-13-21-12-22-24/h5-13,16H,1-4H3. The van der Waals surface area contributed by atoms with Crippen LogP contribution < -0.4 is 0 Å². The van der Waals surface area contributed by atoms with E-state index in [1.54, 1.807) is 15.9 Å². The van der Waals surface area contributed by atoms with Crippen LogP contribution in [0.2, 0.25) is 0 Å². The van der Waals surface area contributed by atoms with Crippen molar-refractivity contribution in [3.05, 3.63) is 77.4 Å². The second-order valence-electron chi connectivity index (χ2n) is 6.34. The predicted octanol–water partition coefficient (Wildman–Crippen LogP) is 3.72. The molecule has 1 unspecified atom stereocenters. The molecule has 2 aromatic carbocycles. The molecule has 0 bridgehead atoms. The molecule has 5 heteroatoms. The number of amides is 1. The summed E-state index contributed by atoms with van der Waals surface area (Å²) in [4.78, 5) is 18.6. The fourth-order valence-corrected chi connectivity index (χ4v) is 2.80. The molecule has 0 aliphatic carbocycles. The van der Waals surface area contributed by atoms with Gasteiger partial charge in [0.25, 0.3) is 5.91 Å². The summed E-state index contributed by atoms with van der Waals surface area (Å²) in [6.07, 6.45) is 3.17. The average molecular weight is 334 g/mol. The number of rotatable bonds is 4. The Morgan fingerprint density at radius 1 is 1.12 bits per heavy atom. The van der Waals surface area contributed by atoms with Gasteiger partial charge in [-0.1, -0.05) is 29.8 Å². The summed E-state index contributed by atoms with van der Waals surface area (Å²) in [7, 11) is 1.85. The number of carbonyl (C=O) groups excluding carboxylic acids is 1. The minimum atomic E-state index is -0.0304. The fraction of sp³-hybridized carbons (Fsp3) is 0.250. The van der Waals surface area contributed by atoms with Crippen LogP contribution in [0.5, 0.6) is 0 Å². The van der Waals surface area contributed by atoms with Gasteiger partial charge in [-0.2, -0.15) is 5.10 Å². The van der Waals surface area contributed by atoms with Crippen LogP contribution in [0.25, 0.3) is 5.69 Å². The molecule has 0 saturated heterocycles. The summed E-state index contributed by atoms with van der Waals surface area (Å²) < 4.78 is 1.71. The van der Waals surface area contributed by atoms with Crippen LogP contribution in [0.3, 0.4) is 0 Å². The SMILES string of the molecule is Cc1ccc(C)c(C(=O)N(C)C(C)c2ccc(-n3cncn3)cc2)c1. The fourth-order valence-electron chi connectivity index (χ4n) is 2.80. The second-order valence-corrected chi connectivity index (χ2v) is 6.34. The van der Waals surface area contributed by atoms with E-state index in [2.05, 4.69) is 10.1 Å². The Balaban J connectivity index is 1.81. The summed E-state index contributed by atoms with van der Waals surface area (Å²) in [6, 6.07) is 14.0. The van der Waals surface area contributed by atoms with Crippen molar-refractivity contribution in [3.63, 3.8) is 0 Å². The highest BCUT2D eigenvalue weighted by atomic mass is 16.2. The topological polar surface area (TPSA) is 51.0 Å². The number of hydrogen-bond acceptors (Lipinski definition) is 3. The van der Waals surface area contributed by atoms with Crippen molar-refractivity contribution in [1.82, 2.24) is 19.7 Å². The summed E-state index contributed by atoms with van der Waals surface area (Å²) in [6.45, 7) is 6.01. The molecule has 128 valence electrons. The van der Waals surface area contributed by atoms with Crippen LogP contribution in [0.15, 0.2) is 55.1 Å². The first-order valence-electron chi connectivity index (χ1n) is 8.26. The third-order valence-electron chi connectivity index (χ3n) is 4.58. The minimum absolute atomic E-state index is 0.0304. The second kappa shape index (κ2) is 6.89. The Labute approximate surface area is 147 Å². The largest absolute Gasteiger partial charge is 0.335 e. The van der Waals surface area contributed by atoms with E-state index in [0.717, 1.165) is 27.9 Å². The van der Waals surface area contributed by atoms with Crippen LogP contribution in [-0.2, 0) is 0 Å². The van der Waals surface area contributed by atoms with Crippen molar-refractivity contribution < 1.29 is 4.79 Å². The zero-order valence-electron chi connectivity index (χ0n) is 15.0. The van der Waals surface area contributed by atoms with E-state index in [9.17, 15) is 4.79 Å². The average Bonchev–Trinajstić information content (AvgIpc) is 3.16. The van der Waals surface area contributed by atoms with Crippen molar-refractivity contribution >= 4 is 5.91 Å². The minimum Gasteiger partial charge on any atom is -0.335 e. The lowest BCUT2D eigenvalue weighted by molar-refractivity contribution is 0.0742. The lowest BCUT2D eigenvalue weighted by Gasteiger charge is -2.26. The summed E-state index contributed by atoms with van der Waals surface area (Å²) in [5, 5.41) is 4.12. The van der Waals surface area contributed by atoms with Crippen molar-refractivity contribution in [2.24, 2.45) is 0 Å². The molecule has 1 aromatic heterocycles. The molecule has 0 spiro atoms. The number of aryl methyl sites for hydroxylation is 2. The van der Waals surface area contributed by atoms with Crippen molar-refractivity contribution in [1.29, 1.82) is 0 Å². The zero-order valence-corrected chi connectivity index (χ0v) is 15.0. The number of hydrogen-bond donors (Lipinski definition) is 0. The van der Waals surface area contributed by atoms with Gasteiger partial charge >= 0.3 is 0 Å². The van der Waals surface area contributed by atoms with Gasteiger partial charge in [-0.05, 0) is 50.1 Å². The third-order valence-corrected chi connectivity index (χ3v) is 4.58. The van der Waals surface area contributed by atoms with Crippen molar-refractivity contribution in [2.75, 3.05) is 7.05 Å². The van der Waals surface area contributed by atoms with Gasteiger partial charge in [-0.3, -0.25) is 4.79 Å². The van der Waals surface area contributed by atoms with E-state index in [0.29, 0.717) is 0 Å². The van der Waals surface area contributed by atoms with Gasteiger partial charge in [0.15, 0.2) is 0 Å². The van der Waals surface area contributed by atoms with E-state index in [1.165, 1.54) is 6.33 Å². The quantitative estimate of drug-likeness (QED) is 0.731. The van der Waals surface area contributed by atoms with Gasteiger partial charge < -0.3 is 4.90 Å². The van der Waals surface area contributed by atoms with E-state index in [4.69, 9.17) is 0 Å². The highest BCUT2D eigenvalue weighted by Gasteiger charge is 2.20. The van der Waals surface area contributed by atoms with Gasteiger partial charge in [-0.25, -0.2) is 9.67 Å². The molecular formula is C20H22N4O. The van der Waals surface area contributed by atoms with Crippen LogP contribution in [-0.4, -0.2) is 32.6 Å². The molecule has 1 atom stereocenters. The van der Waals surface area contributed by atoms with Gasteiger partial charge in [-0.15, -0.1) is 0 Å². The molecule has 3 aromatic rings. The number of nitrogens with zero attached hydrogens (tertiary/aromatic N) is 4.